The zero-order chi connectivity index (χ0) is 13.3. The summed E-state index contributed by atoms with van der Waals surface area (Å²) in [5.41, 5.74) is 1.06. The van der Waals surface area contributed by atoms with Gasteiger partial charge < -0.3 is 10.1 Å². The quantitative estimate of drug-likeness (QED) is 0.549. The van der Waals surface area contributed by atoms with Gasteiger partial charge in [0.05, 0.1) is 13.5 Å². The molecule has 17 heavy (non-hydrogen) atoms. The van der Waals surface area contributed by atoms with Crippen LogP contribution in [0.4, 0.5) is 0 Å². The molecule has 1 amide bonds. The van der Waals surface area contributed by atoms with Crippen LogP contribution in [-0.2, 0) is 14.3 Å². The lowest BCUT2D eigenvalue weighted by Crippen LogP contribution is -2.33. The van der Waals surface area contributed by atoms with Crippen molar-refractivity contribution in [2.45, 2.75) is 52.5 Å². The van der Waals surface area contributed by atoms with Crippen molar-refractivity contribution in [2.24, 2.45) is 0 Å². The highest BCUT2D eigenvalue weighted by molar-refractivity contribution is 5.88. The van der Waals surface area contributed by atoms with Crippen LogP contribution in [0.5, 0.6) is 0 Å². The summed E-state index contributed by atoms with van der Waals surface area (Å²) >= 11 is 0. The smallest absolute Gasteiger partial charge is 0.307 e. The number of esters is 1. The van der Waals surface area contributed by atoms with Gasteiger partial charge >= 0.3 is 5.97 Å². The molecule has 0 aromatic carbocycles. The minimum Gasteiger partial charge on any atom is -0.469 e. The Bertz CT molecular complexity index is 284. The number of hydrogen-bond acceptors (Lipinski definition) is 3. The van der Waals surface area contributed by atoms with Gasteiger partial charge in [0.1, 0.15) is 0 Å². The van der Waals surface area contributed by atoms with Crippen molar-refractivity contribution in [1.29, 1.82) is 0 Å². The summed E-state index contributed by atoms with van der Waals surface area (Å²) in [6, 6.07) is -0.204. The Morgan fingerprint density at radius 1 is 1.41 bits per heavy atom. The van der Waals surface area contributed by atoms with Crippen LogP contribution in [0.1, 0.15) is 46.5 Å². The van der Waals surface area contributed by atoms with Crippen molar-refractivity contribution in [3.63, 3.8) is 0 Å². The summed E-state index contributed by atoms with van der Waals surface area (Å²) in [6.45, 7) is 5.84. The van der Waals surface area contributed by atoms with Crippen LogP contribution in [-0.4, -0.2) is 25.0 Å². The molecule has 0 spiro atoms. The minimum atomic E-state index is -0.315. The van der Waals surface area contributed by atoms with Gasteiger partial charge in [-0.1, -0.05) is 18.9 Å². The second-order valence-electron chi connectivity index (χ2n) is 4.28. The Kier molecular flexibility index (Phi) is 8.11. The molecule has 0 bridgehead atoms. The Labute approximate surface area is 103 Å². The lowest BCUT2D eigenvalue weighted by atomic mass is 10.1. The van der Waals surface area contributed by atoms with Gasteiger partial charge in [-0.3, -0.25) is 9.59 Å². The van der Waals surface area contributed by atoms with Gasteiger partial charge in [0.2, 0.25) is 5.91 Å². The van der Waals surface area contributed by atoms with E-state index in [-0.39, 0.29) is 24.3 Å². The SMILES string of the molecule is CCCCC(C)=CC(=O)NC(C)CC(=O)OC. The van der Waals surface area contributed by atoms with Crippen molar-refractivity contribution in [3.05, 3.63) is 11.6 Å². The van der Waals surface area contributed by atoms with E-state index in [4.69, 9.17) is 0 Å². The average Bonchev–Trinajstić information content (AvgIpc) is 2.25. The largest absolute Gasteiger partial charge is 0.469 e. The fourth-order valence-electron chi connectivity index (χ4n) is 1.42. The second-order valence-corrected chi connectivity index (χ2v) is 4.28. The van der Waals surface area contributed by atoms with Gasteiger partial charge in [-0.05, 0) is 26.7 Å². The van der Waals surface area contributed by atoms with E-state index in [1.54, 1.807) is 13.0 Å². The van der Waals surface area contributed by atoms with E-state index in [1.807, 2.05) is 6.92 Å². The van der Waals surface area contributed by atoms with Crippen LogP contribution in [0.15, 0.2) is 11.6 Å². The number of amides is 1. The van der Waals surface area contributed by atoms with Crippen molar-refractivity contribution >= 4 is 11.9 Å². The summed E-state index contributed by atoms with van der Waals surface area (Å²) < 4.78 is 4.53. The molecule has 0 aliphatic carbocycles. The molecule has 98 valence electrons. The molecule has 0 aliphatic heterocycles. The molecule has 0 aliphatic rings. The van der Waals surface area contributed by atoms with Crippen LogP contribution >= 0.6 is 0 Å². The highest BCUT2D eigenvalue weighted by Crippen LogP contribution is 2.05. The van der Waals surface area contributed by atoms with Gasteiger partial charge in [0.15, 0.2) is 0 Å². The predicted molar refractivity (Wildman–Crippen MR) is 67.5 cm³/mol. The van der Waals surface area contributed by atoms with Gasteiger partial charge in [0.25, 0.3) is 0 Å². The van der Waals surface area contributed by atoms with Gasteiger partial charge in [-0.15, -0.1) is 0 Å². The number of allylic oxidation sites excluding steroid dienone is 1. The third-order valence-electron chi connectivity index (χ3n) is 2.39. The molecule has 0 heterocycles. The molecule has 0 saturated carbocycles. The van der Waals surface area contributed by atoms with Crippen LogP contribution in [0.3, 0.4) is 0 Å². The summed E-state index contributed by atoms with van der Waals surface area (Å²) in [6.07, 6.45) is 4.95. The summed E-state index contributed by atoms with van der Waals surface area (Å²) in [4.78, 5) is 22.5. The first-order valence-electron chi connectivity index (χ1n) is 6.04. The standard InChI is InChI=1S/C13H23NO3/c1-5-6-7-10(2)8-12(15)14-11(3)9-13(16)17-4/h8,11H,5-7,9H2,1-4H3,(H,14,15). The van der Waals surface area contributed by atoms with Crippen LogP contribution in [0.2, 0.25) is 0 Å². The number of nitrogens with one attached hydrogen (secondary N) is 1. The molecule has 4 heteroatoms. The van der Waals surface area contributed by atoms with E-state index in [1.165, 1.54) is 7.11 Å². The predicted octanol–water partition coefficient (Wildman–Crippen LogP) is 2.19. The second kappa shape index (κ2) is 8.79. The maximum atomic E-state index is 11.6. The van der Waals surface area contributed by atoms with E-state index in [0.29, 0.717) is 0 Å². The summed E-state index contributed by atoms with van der Waals surface area (Å²) in [7, 11) is 1.34. The third-order valence-corrected chi connectivity index (χ3v) is 2.39. The highest BCUT2D eigenvalue weighted by Gasteiger charge is 2.10. The van der Waals surface area contributed by atoms with Crippen molar-refractivity contribution in [2.75, 3.05) is 7.11 Å². The monoisotopic (exact) mass is 241 g/mol. The Hall–Kier alpha value is -1.32. The topological polar surface area (TPSA) is 55.4 Å². The molecule has 0 saturated heterocycles. The van der Waals surface area contributed by atoms with E-state index < -0.39 is 0 Å². The number of carbonyl (C=O) groups excluding carboxylic acids is 2. The Morgan fingerprint density at radius 3 is 2.59 bits per heavy atom. The van der Waals surface area contributed by atoms with E-state index >= 15 is 0 Å². The van der Waals surface area contributed by atoms with Crippen LogP contribution < -0.4 is 5.32 Å². The number of unbranched alkanes of at least 4 members (excludes halogenated alkanes) is 1. The highest BCUT2D eigenvalue weighted by atomic mass is 16.5. The minimum absolute atomic E-state index is 0.144. The molecule has 0 aromatic rings. The zero-order valence-corrected chi connectivity index (χ0v) is 11.2. The van der Waals surface area contributed by atoms with E-state index in [9.17, 15) is 9.59 Å². The number of methoxy groups -OCH3 is 1. The Morgan fingerprint density at radius 2 is 2.06 bits per heavy atom. The molecular weight excluding hydrogens is 218 g/mol. The van der Waals surface area contributed by atoms with Gasteiger partial charge in [-0.25, -0.2) is 0 Å². The molecule has 0 radical (unpaired) electrons. The van der Waals surface area contributed by atoms with E-state index in [2.05, 4.69) is 17.0 Å². The summed E-state index contributed by atoms with van der Waals surface area (Å²) in [5.74, 6) is -0.459. The first-order valence-corrected chi connectivity index (χ1v) is 6.04. The third kappa shape index (κ3) is 8.48. The molecule has 4 nitrogen and oxygen atoms in total. The zero-order valence-electron chi connectivity index (χ0n) is 11.2. The average molecular weight is 241 g/mol. The molecule has 0 fully saturated rings. The van der Waals surface area contributed by atoms with Crippen molar-refractivity contribution < 1.29 is 14.3 Å². The molecular formula is C13H23NO3. The maximum absolute atomic E-state index is 11.6. The molecule has 1 N–H and O–H groups in total. The normalized spacial score (nSPS) is 13.1. The lowest BCUT2D eigenvalue weighted by Gasteiger charge is -2.11. The number of hydrogen-bond donors (Lipinski definition) is 1. The van der Waals surface area contributed by atoms with Gasteiger partial charge in [-0.2, -0.15) is 0 Å². The first-order chi connectivity index (χ1) is 7.99. The fourth-order valence-corrected chi connectivity index (χ4v) is 1.42. The van der Waals surface area contributed by atoms with Crippen molar-refractivity contribution in [3.8, 4) is 0 Å². The first kappa shape index (κ1) is 15.7. The number of ether oxygens (including phenoxy) is 1. The molecule has 0 aromatic heterocycles. The fraction of sp³-hybridized carbons (Fsp3) is 0.692. The van der Waals surface area contributed by atoms with Crippen LogP contribution in [0, 0.1) is 0 Å². The molecule has 1 unspecified atom stereocenters. The lowest BCUT2D eigenvalue weighted by molar-refractivity contribution is -0.141. The summed E-state index contributed by atoms with van der Waals surface area (Å²) in [5, 5.41) is 2.74. The van der Waals surface area contributed by atoms with Gasteiger partial charge in [0, 0.05) is 12.1 Å². The number of carbonyl (C=O) groups is 2. The van der Waals surface area contributed by atoms with E-state index in [0.717, 1.165) is 24.8 Å². The molecule has 1 atom stereocenters. The van der Waals surface area contributed by atoms with Crippen LogP contribution in [0.25, 0.3) is 0 Å². The van der Waals surface area contributed by atoms with Crippen molar-refractivity contribution in [1.82, 2.24) is 5.32 Å². The maximum Gasteiger partial charge on any atom is 0.307 e. The Balaban J connectivity index is 4.03. The molecule has 0 rings (SSSR count). The number of rotatable bonds is 7.